The van der Waals surface area contributed by atoms with Crippen LogP contribution in [0.1, 0.15) is 17.8 Å². The third-order valence-electron chi connectivity index (χ3n) is 3.53. The van der Waals surface area contributed by atoms with Crippen LogP contribution in [-0.4, -0.2) is 44.2 Å². The van der Waals surface area contributed by atoms with Crippen molar-refractivity contribution in [1.82, 2.24) is 30.4 Å². The van der Waals surface area contributed by atoms with Crippen molar-refractivity contribution in [1.29, 1.82) is 0 Å². The molecule has 3 rings (SSSR count). The Morgan fingerprint density at radius 3 is 2.86 bits per heavy atom. The van der Waals surface area contributed by atoms with Crippen molar-refractivity contribution < 1.29 is 4.79 Å². The molecule has 0 spiro atoms. The standard InChI is InChI=1S/C15H18N6O/c1-20-18-14(17-19-20)10-16-15(22)21-9-5-8-13(11-21)12-6-3-2-4-7-12/h2-4,6-8H,5,9-11H2,1H3,(H,16,22). The molecule has 0 atom stereocenters. The quantitative estimate of drug-likeness (QED) is 0.924. The van der Waals surface area contributed by atoms with Gasteiger partial charge in [-0.15, -0.1) is 10.2 Å². The molecule has 0 saturated carbocycles. The molecule has 114 valence electrons. The van der Waals surface area contributed by atoms with Gasteiger partial charge in [-0.1, -0.05) is 36.4 Å². The van der Waals surface area contributed by atoms with Crippen molar-refractivity contribution in [3.63, 3.8) is 0 Å². The second kappa shape index (κ2) is 6.38. The maximum absolute atomic E-state index is 12.3. The smallest absolute Gasteiger partial charge is 0.318 e. The zero-order chi connectivity index (χ0) is 15.4. The highest BCUT2D eigenvalue weighted by atomic mass is 16.2. The summed E-state index contributed by atoms with van der Waals surface area (Å²) >= 11 is 0. The number of aromatic nitrogens is 4. The lowest BCUT2D eigenvalue weighted by molar-refractivity contribution is 0.203. The molecule has 7 nitrogen and oxygen atoms in total. The number of benzene rings is 1. The Balaban J connectivity index is 1.58. The molecule has 0 saturated heterocycles. The fourth-order valence-corrected chi connectivity index (χ4v) is 2.44. The van der Waals surface area contributed by atoms with Crippen LogP contribution in [-0.2, 0) is 13.6 Å². The number of carbonyl (C=O) groups is 1. The first-order valence-corrected chi connectivity index (χ1v) is 7.22. The molecule has 7 heteroatoms. The van der Waals surface area contributed by atoms with Crippen LogP contribution in [0.25, 0.3) is 5.57 Å². The van der Waals surface area contributed by atoms with Crippen LogP contribution in [0.5, 0.6) is 0 Å². The minimum absolute atomic E-state index is 0.103. The first-order chi connectivity index (χ1) is 10.7. The van der Waals surface area contributed by atoms with Crippen molar-refractivity contribution in [3.8, 4) is 0 Å². The van der Waals surface area contributed by atoms with Gasteiger partial charge in [-0.2, -0.15) is 4.80 Å². The highest BCUT2D eigenvalue weighted by molar-refractivity contribution is 5.78. The summed E-state index contributed by atoms with van der Waals surface area (Å²) in [6.07, 6.45) is 3.06. The summed E-state index contributed by atoms with van der Waals surface area (Å²) in [5.74, 6) is 0.506. The number of nitrogens with one attached hydrogen (secondary N) is 1. The van der Waals surface area contributed by atoms with Crippen molar-refractivity contribution in [3.05, 3.63) is 47.8 Å². The summed E-state index contributed by atoms with van der Waals surface area (Å²) in [4.78, 5) is 15.4. The molecule has 1 N–H and O–H groups in total. The molecular formula is C15H18N6O. The van der Waals surface area contributed by atoms with Gasteiger partial charge >= 0.3 is 6.03 Å². The van der Waals surface area contributed by atoms with E-state index in [2.05, 4.69) is 38.9 Å². The highest BCUT2D eigenvalue weighted by Gasteiger charge is 2.19. The Hall–Kier alpha value is -2.70. The van der Waals surface area contributed by atoms with E-state index in [-0.39, 0.29) is 12.6 Å². The van der Waals surface area contributed by atoms with Crippen LogP contribution >= 0.6 is 0 Å². The van der Waals surface area contributed by atoms with Crippen LogP contribution in [0, 0.1) is 0 Å². The maximum Gasteiger partial charge on any atom is 0.318 e. The molecule has 0 fully saturated rings. The average Bonchev–Trinajstić information content (AvgIpc) is 2.99. The molecular weight excluding hydrogens is 280 g/mol. The van der Waals surface area contributed by atoms with Crippen LogP contribution in [0.4, 0.5) is 4.79 Å². The number of rotatable bonds is 3. The predicted octanol–water partition coefficient (Wildman–Crippen LogP) is 1.21. The molecule has 0 bridgehead atoms. The van der Waals surface area contributed by atoms with E-state index in [1.165, 1.54) is 10.4 Å². The van der Waals surface area contributed by atoms with Gasteiger partial charge in [0.15, 0.2) is 5.82 Å². The minimum atomic E-state index is -0.103. The van der Waals surface area contributed by atoms with Crippen LogP contribution in [0.3, 0.4) is 0 Å². The van der Waals surface area contributed by atoms with Gasteiger partial charge in [0.2, 0.25) is 0 Å². The summed E-state index contributed by atoms with van der Waals surface area (Å²) in [6, 6.07) is 10.0. The molecule has 0 aliphatic carbocycles. The lowest BCUT2D eigenvalue weighted by Crippen LogP contribution is -2.42. The van der Waals surface area contributed by atoms with E-state index in [1.807, 2.05) is 18.2 Å². The summed E-state index contributed by atoms with van der Waals surface area (Å²) in [5, 5.41) is 14.5. The number of hydrogen-bond acceptors (Lipinski definition) is 4. The van der Waals surface area contributed by atoms with E-state index >= 15 is 0 Å². The van der Waals surface area contributed by atoms with Crippen LogP contribution in [0.2, 0.25) is 0 Å². The third-order valence-corrected chi connectivity index (χ3v) is 3.53. The van der Waals surface area contributed by atoms with Crippen molar-refractivity contribution in [2.24, 2.45) is 7.05 Å². The topological polar surface area (TPSA) is 75.9 Å². The zero-order valence-electron chi connectivity index (χ0n) is 12.4. The van der Waals surface area contributed by atoms with Crippen molar-refractivity contribution in [2.45, 2.75) is 13.0 Å². The molecule has 1 aromatic heterocycles. The minimum Gasteiger partial charge on any atom is -0.331 e. The van der Waals surface area contributed by atoms with Gasteiger partial charge in [0, 0.05) is 13.1 Å². The Kier molecular flexibility index (Phi) is 4.13. The normalized spacial score (nSPS) is 14.6. The zero-order valence-corrected chi connectivity index (χ0v) is 12.4. The SMILES string of the molecule is Cn1nnc(CNC(=O)N2CCC=C(c3ccccc3)C2)n1. The summed E-state index contributed by atoms with van der Waals surface area (Å²) in [6.45, 7) is 1.62. The van der Waals surface area contributed by atoms with E-state index in [0.29, 0.717) is 12.4 Å². The van der Waals surface area contributed by atoms with E-state index in [1.54, 1.807) is 11.9 Å². The second-order valence-corrected chi connectivity index (χ2v) is 5.16. The summed E-state index contributed by atoms with van der Waals surface area (Å²) < 4.78 is 0. The van der Waals surface area contributed by atoms with Gasteiger partial charge in [0.05, 0.1) is 13.6 Å². The Morgan fingerprint density at radius 1 is 1.32 bits per heavy atom. The Morgan fingerprint density at radius 2 is 2.14 bits per heavy atom. The molecule has 1 aliphatic rings. The van der Waals surface area contributed by atoms with Gasteiger partial charge < -0.3 is 10.2 Å². The third kappa shape index (κ3) is 3.30. The number of carbonyl (C=O) groups excluding carboxylic acids is 1. The first-order valence-electron chi connectivity index (χ1n) is 7.22. The van der Waals surface area contributed by atoms with Gasteiger partial charge in [-0.25, -0.2) is 4.79 Å². The lowest BCUT2D eigenvalue weighted by atomic mass is 10.0. The van der Waals surface area contributed by atoms with E-state index in [4.69, 9.17) is 0 Å². The Bertz CT molecular complexity index is 678. The van der Waals surface area contributed by atoms with Gasteiger partial charge in [0.1, 0.15) is 0 Å². The first kappa shape index (κ1) is 14.2. The second-order valence-electron chi connectivity index (χ2n) is 5.16. The fraction of sp³-hybridized carbons (Fsp3) is 0.333. The summed E-state index contributed by atoms with van der Waals surface area (Å²) in [7, 11) is 1.69. The van der Waals surface area contributed by atoms with Gasteiger partial charge in [0.25, 0.3) is 0 Å². The van der Waals surface area contributed by atoms with Gasteiger partial charge in [-0.3, -0.25) is 0 Å². The highest BCUT2D eigenvalue weighted by Crippen LogP contribution is 2.20. The molecule has 0 radical (unpaired) electrons. The van der Waals surface area contributed by atoms with E-state index < -0.39 is 0 Å². The van der Waals surface area contributed by atoms with Crippen molar-refractivity contribution >= 4 is 11.6 Å². The van der Waals surface area contributed by atoms with E-state index in [9.17, 15) is 4.79 Å². The number of nitrogens with zero attached hydrogens (tertiary/aromatic N) is 5. The Labute approximate surface area is 128 Å². The summed E-state index contributed by atoms with van der Waals surface area (Å²) in [5.41, 5.74) is 2.34. The fourth-order valence-electron chi connectivity index (χ4n) is 2.44. The molecule has 1 aromatic carbocycles. The molecule has 2 aromatic rings. The van der Waals surface area contributed by atoms with Crippen LogP contribution in [0.15, 0.2) is 36.4 Å². The molecule has 2 amide bonds. The number of hydrogen-bond donors (Lipinski definition) is 1. The number of amides is 2. The largest absolute Gasteiger partial charge is 0.331 e. The average molecular weight is 298 g/mol. The molecule has 0 unspecified atom stereocenters. The number of tetrazole rings is 1. The molecule has 2 heterocycles. The molecule has 22 heavy (non-hydrogen) atoms. The predicted molar refractivity (Wildman–Crippen MR) is 81.6 cm³/mol. The van der Waals surface area contributed by atoms with Gasteiger partial charge in [-0.05, 0) is 22.8 Å². The maximum atomic E-state index is 12.3. The number of urea groups is 1. The number of aryl methyl sites for hydroxylation is 1. The van der Waals surface area contributed by atoms with Crippen molar-refractivity contribution in [2.75, 3.05) is 13.1 Å². The molecule has 1 aliphatic heterocycles. The monoisotopic (exact) mass is 298 g/mol. The lowest BCUT2D eigenvalue weighted by Gasteiger charge is -2.27. The van der Waals surface area contributed by atoms with E-state index in [0.717, 1.165) is 18.5 Å². The van der Waals surface area contributed by atoms with Crippen LogP contribution < -0.4 is 5.32 Å².